The molecule has 54 heavy (non-hydrogen) atoms. The molecule has 0 amide bonds. The molecule has 1 aliphatic rings. The van der Waals surface area contributed by atoms with Crippen LogP contribution in [-0.2, 0) is 0 Å². The van der Waals surface area contributed by atoms with Crippen molar-refractivity contribution in [1.82, 2.24) is 9.97 Å². The van der Waals surface area contributed by atoms with Crippen LogP contribution in [0.2, 0.25) is 0 Å². The van der Waals surface area contributed by atoms with Gasteiger partial charge in [-0.1, -0.05) is 172 Å². The summed E-state index contributed by atoms with van der Waals surface area (Å²) in [7, 11) is 0. The zero-order valence-corrected chi connectivity index (χ0v) is 30.4. The molecule has 0 spiro atoms. The van der Waals surface area contributed by atoms with Crippen molar-refractivity contribution >= 4 is 37.9 Å². The first-order valence-electron chi connectivity index (χ1n) is 18.9. The Labute approximate surface area is 316 Å². The number of rotatable bonds is 6. The van der Waals surface area contributed by atoms with Crippen LogP contribution in [0.3, 0.4) is 0 Å². The number of allylic oxidation sites excluding steroid dienone is 4. The molecule has 8 aromatic carbocycles. The predicted molar refractivity (Wildman–Crippen MR) is 228 cm³/mol. The van der Waals surface area contributed by atoms with Crippen molar-refractivity contribution < 1.29 is 0 Å². The first-order valence-corrected chi connectivity index (χ1v) is 18.9. The third kappa shape index (κ3) is 5.50. The molecule has 0 saturated heterocycles. The Morgan fingerprint density at radius 1 is 0.426 bits per heavy atom. The Morgan fingerprint density at radius 3 is 1.67 bits per heavy atom. The molecule has 1 aromatic heterocycles. The highest BCUT2D eigenvalue weighted by Crippen LogP contribution is 2.43. The van der Waals surface area contributed by atoms with E-state index >= 15 is 0 Å². The van der Waals surface area contributed by atoms with Gasteiger partial charge in [-0.3, -0.25) is 0 Å². The van der Waals surface area contributed by atoms with E-state index in [2.05, 4.69) is 184 Å². The second-order valence-corrected chi connectivity index (χ2v) is 14.7. The molecule has 0 bridgehead atoms. The molecular formula is C52H38N2. The van der Waals surface area contributed by atoms with Gasteiger partial charge in [-0.15, -0.1) is 0 Å². The molecule has 0 saturated carbocycles. The lowest BCUT2D eigenvalue weighted by atomic mass is 9.79. The van der Waals surface area contributed by atoms with Gasteiger partial charge in [-0.2, -0.15) is 0 Å². The highest BCUT2D eigenvalue weighted by Gasteiger charge is 2.22. The fourth-order valence-electron chi connectivity index (χ4n) is 8.40. The molecule has 10 rings (SSSR count). The predicted octanol–water partition coefficient (Wildman–Crippen LogP) is 13.9. The van der Waals surface area contributed by atoms with Crippen LogP contribution >= 0.6 is 0 Å². The van der Waals surface area contributed by atoms with Crippen LogP contribution in [0.1, 0.15) is 19.4 Å². The molecular weight excluding hydrogens is 653 g/mol. The molecule has 0 radical (unpaired) electrons. The summed E-state index contributed by atoms with van der Waals surface area (Å²) in [4.78, 5) is 10.6. The number of aromatic nitrogens is 2. The molecule has 0 fully saturated rings. The summed E-state index contributed by atoms with van der Waals surface area (Å²) in [6.45, 7) is 4.65. The Bertz CT molecular complexity index is 2830. The molecule has 0 N–H and O–H groups in total. The highest BCUT2D eigenvalue weighted by atomic mass is 14.9. The number of hydrogen-bond acceptors (Lipinski definition) is 2. The van der Waals surface area contributed by atoms with E-state index < -0.39 is 0 Å². The van der Waals surface area contributed by atoms with Crippen LogP contribution in [-0.4, -0.2) is 9.97 Å². The smallest absolute Gasteiger partial charge is 0.160 e. The van der Waals surface area contributed by atoms with Crippen molar-refractivity contribution in [3.05, 3.63) is 188 Å². The molecule has 2 nitrogen and oxygen atoms in total. The van der Waals surface area contributed by atoms with Crippen LogP contribution < -0.4 is 0 Å². The molecule has 256 valence electrons. The average molecular weight is 691 g/mol. The number of benzene rings is 8. The van der Waals surface area contributed by atoms with Gasteiger partial charge in [0.2, 0.25) is 0 Å². The van der Waals surface area contributed by atoms with Gasteiger partial charge >= 0.3 is 0 Å². The van der Waals surface area contributed by atoms with Crippen molar-refractivity contribution in [2.24, 2.45) is 11.8 Å². The van der Waals surface area contributed by atoms with E-state index in [-0.39, 0.29) is 0 Å². The van der Waals surface area contributed by atoms with Crippen molar-refractivity contribution in [2.45, 2.75) is 13.8 Å². The summed E-state index contributed by atoms with van der Waals surface area (Å²) < 4.78 is 0. The van der Waals surface area contributed by atoms with Crippen molar-refractivity contribution in [1.29, 1.82) is 0 Å². The molecule has 2 atom stereocenters. The van der Waals surface area contributed by atoms with Crippen molar-refractivity contribution in [3.8, 4) is 56.2 Å². The SMILES string of the molecule is CC1C=CC=C(c2ccccc2-c2cc(-c3nc(-c4ccccc4)cc(-c4ccccc4)n3)cc(-c3ccc4ccc5cccc6ccc3c4c56)c2)C1C. The summed E-state index contributed by atoms with van der Waals surface area (Å²) in [5.74, 6) is 1.56. The largest absolute Gasteiger partial charge is 0.228 e. The normalized spacial score (nSPS) is 15.6. The van der Waals surface area contributed by atoms with Crippen LogP contribution in [0, 0.1) is 11.8 Å². The maximum absolute atomic E-state index is 5.30. The van der Waals surface area contributed by atoms with Crippen molar-refractivity contribution in [3.63, 3.8) is 0 Å². The summed E-state index contributed by atoms with van der Waals surface area (Å²) in [5, 5.41) is 7.67. The van der Waals surface area contributed by atoms with Crippen LogP contribution in [0.25, 0.3) is 94.0 Å². The average Bonchev–Trinajstić information content (AvgIpc) is 3.24. The fourth-order valence-corrected chi connectivity index (χ4v) is 8.40. The van der Waals surface area contributed by atoms with Crippen LogP contribution in [0.5, 0.6) is 0 Å². The Kier molecular flexibility index (Phi) is 7.77. The lowest BCUT2D eigenvalue weighted by Gasteiger charge is -2.25. The molecule has 1 heterocycles. The van der Waals surface area contributed by atoms with Gasteiger partial charge in [0.1, 0.15) is 0 Å². The van der Waals surface area contributed by atoms with E-state index in [1.807, 2.05) is 12.1 Å². The van der Waals surface area contributed by atoms with E-state index in [9.17, 15) is 0 Å². The molecule has 9 aromatic rings. The Morgan fingerprint density at radius 2 is 0.981 bits per heavy atom. The Hall–Kier alpha value is -6.64. The van der Waals surface area contributed by atoms with Gasteiger partial charge in [0, 0.05) is 16.7 Å². The van der Waals surface area contributed by atoms with E-state index in [0.717, 1.165) is 39.2 Å². The standard InChI is InChI=1S/C52H38N2/c1-33-13-11-22-43(34(33)2)46-21-10-9-20-44(46)40-29-41(45-27-25-39-24-23-37-18-12-19-38-26-28-47(45)51(39)50(37)38)31-42(30-40)52-53-48(35-14-5-3-6-15-35)32-49(54-52)36-16-7-4-8-17-36/h3-34H,1-2H3. The fraction of sp³-hybridized carbons (Fsp3) is 0.0769. The first kappa shape index (κ1) is 32.0. The molecule has 0 aliphatic heterocycles. The molecule has 2 unspecified atom stereocenters. The van der Waals surface area contributed by atoms with Crippen LogP contribution in [0.15, 0.2) is 182 Å². The molecule has 1 aliphatic carbocycles. The van der Waals surface area contributed by atoms with Crippen molar-refractivity contribution in [2.75, 3.05) is 0 Å². The van der Waals surface area contributed by atoms with Gasteiger partial charge in [0.15, 0.2) is 5.82 Å². The molecule has 2 heteroatoms. The summed E-state index contributed by atoms with van der Waals surface area (Å²) in [5.41, 5.74) is 12.2. The topological polar surface area (TPSA) is 25.8 Å². The minimum Gasteiger partial charge on any atom is -0.228 e. The second kappa shape index (κ2) is 13.1. The minimum atomic E-state index is 0.399. The zero-order chi connectivity index (χ0) is 36.2. The minimum absolute atomic E-state index is 0.399. The van der Waals surface area contributed by atoms with E-state index in [1.165, 1.54) is 54.6 Å². The third-order valence-electron chi connectivity index (χ3n) is 11.4. The van der Waals surface area contributed by atoms with Gasteiger partial charge in [0.25, 0.3) is 0 Å². The summed E-state index contributed by atoms with van der Waals surface area (Å²) >= 11 is 0. The maximum atomic E-state index is 5.30. The van der Waals surface area contributed by atoms with E-state index in [4.69, 9.17) is 9.97 Å². The number of hydrogen-bond donors (Lipinski definition) is 0. The maximum Gasteiger partial charge on any atom is 0.160 e. The van der Waals surface area contributed by atoms with Gasteiger partial charge in [0.05, 0.1) is 11.4 Å². The first-order chi connectivity index (χ1) is 26.6. The van der Waals surface area contributed by atoms with Crippen LogP contribution in [0.4, 0.5) is 0 Å². The van der Waals surface area contributed by atoms with Gasteiger partial charge < -0.3 is 0 Å². The lowest BCUT2D eigenvalue weighted by Crippen LogP contribution is -2.11. The quantitative estimate of drug-likeness (QED) is 0.162. The van der Waals surface area contributed by atoms with Gasteiger partial charge in [-0.05, 0) is 102 Å². The number of nitrogens with zero attached hydrogens (tertiary/aromatic N) is 2. The Balaban J connectivity index is 1.25. The summed E-state index contributed by atoms with van der Waals surface area (Å²) in [6, 6.07) is 59.1. The second-order valence-electron chi connectivity index (χ2n) is 14.7. The zero-order valence-electron chi connectivity index (χ0n) is 30.4. The van der Waals surface area contributed by atoms with Gasteiger partial charge in [-0.25, -0.2) is 9.97 Å². The monoisotopic (exact) mass is 690 g/mol. The van der Waals surface area contributed by atoms with E-state index in [1.54, 1.807) is 0 Å². The lowest BCUT2D eigenvalue weighted by molar-refractivity contribution is 0.568. The third-order valence-corrected chi connectivity index (χ3v) is 11.4. The highest BCUT2D eigenvalue weighted by molar-refractivity contribution is 6.25. The summed E-state index contributed by atoms with van der Waals surface area (Å²) in [6.07, 6.45) is 6.83. The van der Waals surface area contributed by atoms with E-state index in [0.29, 0.717) is 17.7 Å².